The van der Waals surface area contributed by atoms with Crippen LogP contribution in [0.4, 0.5) is 15.8 Å². The van der Waals surface area contributed by atoms with Crippen LogP contribution >= 0.6 is 12.2 Å². The second kappa shape index (κ2) is 6.84. The fourth-order valence-corrected chi connectivity index (χ4v) is 2.44. The number of hydrogen-bond acceptors (Lipinski definition) is 3. The summed E-state index contributed by atoms with van der Waals surface area (Å²) in [6, 6.07) is 11.5. The van der Waals surface area contributed by atoms with E-state index in [9.17, 15) is 9.18 Å². The van der Waals surface area contributed by atoms with Crippen molar-refractivity contribution in [2.24, 2.45) is 0 Å². The van der Waals surface area contributed by atoms with E-state index in [0.717, 1.165) is 11.3 Å². The van der Waals surface area contributed by atoms with E-state index in [0.29, 0.717) is 23.1 Å². The molecule has 1 aliphatic rings. The minimum absolute atomic E-state index is 0.184. The Kier molecular flexibility index (Phi) is 4.61. The molecule has 1 amide bonds. The van der Waals surface area contributed by atoms with E-state index >= 15 is 0 Å². The number of carbonyl (C=O) groups is 1. The molecule has 0 unspecified atom stereocenters. The Balaban J connectivity index is 1.59. The van der Waals surface area contributed by atoms with Crippen molar-refractivity contribution in [1.82, 2.24) is 5.32 Å². The molecule has 0 aromatic heterocycles. The Hall–Kier alpha value is -2.67. The van der Waals surface area contributed by atoms with Crippen molar-refractivity contribution in [2.45, 2.75) is 19.6 Å². The number of nitrogens with one attached hydrogen (secondary N) is 3. The SMILES string of the molecule is C[C@H]1Oc2ccc(NC(=S)NCc3ccc(F)cc3)cc2NC1=O. The lowest BCUT2D eigenvalue weighted by Gasteiger charge is -2.23. The average Bonchev–Trinajstić information content (AvgIpc) is 2.56. The maximum absolute atomic E-state index is 12.9. The molecular weight excluding hydrogens is 329 g/mol. The highest BCUT2D eigenvalue weighted by molar-refractivity contribution is 7.80. The number of ether oxygens (including phenoxy) is 1. The van der Waals surface area contributed by atoms with Crippen LogP contribution in [0.2, 0.25) is 0 Å². The van der Waals surface area contributed by atoms with Crippen LogP contribution in [0.25, 0.3) is 0 Å². The Morgan fingerprint density at radius 2 is 2.04 bits per heavy atom. The van der Waals surface area contributed by atoms with Crippen molar-refractivity contribution >= 4 is 34.6 Å². The predicted octanol–water partition coefficient (Wildman–Crippen LogP) is 3.03. The molecule has 5 nitrogen and oxygen atoms in total. The number of benzene rings is 2. The highest BCUT2D eigenvalue weighted by atomic mass is 32.1. The van der Waals surface area contributed by atoms with Crippen LogP contribution < -0.4 is 20.7 Å². The molecule has 0 saturated carbocycles. The van der Waals surface area contributed by atoms with Crippen molar-refractivity contribution in [3.05, 3.63) is 53.8 Å². The third-order valence-electron chi connectivity index (χ3n) is 3.53. The van der Waals surface area contributed by atoms with Crippen molar-refractivity contribution in [1.29, 1.82) is 0 Å². The Morgan fingerprint density at radius 3 is 2.79 bits per heavy atom. The van der Waals surface area contributed by atoms with Gasteiger partial charge in [-0.05, 0) is 55.0 Å². The maximum Gasteiger partial charge on any atom is 0.265 e. The van der Waals surface area contributed by atoms with Crippen LogP contribution in [-0.4, -0.2) is 17.1 Å². The van der Waals surface area contributed by atoms with Crippen LogP contribution in [0.3, 0.4) is 0 Å². The van der Waals surface area contributed by atoms with E-state index in [1.165, 1.54) is 12.1 Å². The summed E-state index contributed by atoms with van der Waals surface area (Å²) in [7, 11) is 0. The number of halogens is 1. The van der Waals surface area contributed by atoms with Gasteiger partial charge in [0.2, 0.25) is 0 Å². The quantitative estimate of drug-likeness (QED) is 0.747. The number of hydrogen-bond donors (Lipinski definition) is 3. The van der Waals surface area contributed by atoms with E-state index in [1.54, 1.807) is 31.2 Å². The normalized spacial score (nSPS) is 15.8. The molecule has 3 N–H and O–H groups in total. The second-order valence-electron chi connectivity index (χ2n) is 5.39. The molecule has 0 bridgehead atoms. The molecule has 3 rings (SSSR count). The summed E-state index contributed by atoms with van der Waals surface area (Å²) in [5.74, 6) is 0.168. The molecule has 0 radical (unpaired) electrons. The number of amides is 1. The van der Waals surface area contributed by atoms with Gasteiger partial charge in [0, 0.05) is 12.2 Å². The smallest absolute Gasteiger partial charge is 0.265 e. The molecule has 2 aromatic rings. The molecule has 1 aliphatic heterocycles. The van der Waals surface area contributed by atoms with Crippen LogP contribution in [0, 0.1) is 5.82 Å². The van der Waals surface area contributed by atoms with Crippen LogP contribution in [-0.2, 0) is 11.3 Å². The minimum atomic E-state index is -0.505. The fourth-order valence-electron chi connectivity index (χ4n) is 2.25. The van der Waals surface area contributed by atoms with Gasteiger partial charge in [-0.3, -0.25) is 4.79 Å². The van der Waals surface area contributed by atoms with Crippen molar-refractivity contribution in [3.63, 3.8) is 0 Å². The van der Waals surface area contributed by atoms with E-state index in [4.69, 9.17) is 17.0 Å². The van der Waals surface area contributed by atoms with Crippen LogP contribution in [0.5, 0.6) is 5.75 Å². The largest absolute Gasteiger partial charge is 0.479 e. The van der Waals surface area contributed by atoms with Crippen molar-refractivity contribution in [2.75, 3.05) is 10.6 Å². The zero-order valence-corrected chi connectivity index (χ0v) is 13.7. The minimum Gasteiger partial charge on any atom is -0.479 e. The molecule has 0 spiro atoms. The van der Waals surface area contributed by atoms with E-state index < -0.39 is 6.10 Å². The highest BCUT2D eigenvalue weighted by Crippen LogP contribution is 2.32. The lowest BCUT2D eigenvalue weighted by molar-refractivity contribution is -0.122. The standard InChI is InChI=1S/C17H16FN3O2S/c1-10-16(22)21-14-8-13(6-7-15(14)23-10)20-17(24)19-9-11-2-4-12(18)5-3-11/h2-8,10H,9H2,1H3,(H,21,22)(H2,19,20,24)/t10-/m1/s1. The van der Waals surface area contributed by atoms with E-state index in [1.807, 2.05) is 6.07 Å². The van der Waals surface area contributed by atoms with Crippen molar-refractivity contribution in [3.8, 4) is 5.75 Å². The molecule has 124 valence electrons. The summed E-state index contributed by atoms with van der Waals surface area (Å²) in [5.41, 5.74) is 2.24. The first-order chi connectivity index (χ1) is 11.5. The summed E-state index contributed by atoms with van der Waals surface area (Å²) in [4.78, 5) is 11.7. The number of rotatable bonds is 3. The van der Waals surface area contributed by atoms with Gasteiger partial charge in [0.15, 0.2) is 11.2 Å². The van der Waals surface area contributed by atoms with Gasteiger partial charge in [-0.2, -0.15) is 0 Å². The Bertz CT molecular complexity index is 780. The van der Waals surface area contributed by atoms with Gasteiger partial charge < -0.3 is 20.7 Å². The lowest BCUT2D eigenvalue weighted by atomic mass is 10.2. The van der Waals surface area contributed by atoms with Gasteiger partial charge in [0.05, 0.1) is 5.69 Å². The summed E-state index contributed by atoms with van der Waals surface area (Å²) in [6.45, 7) is 2.17. The summed E-state index contributed by atoms with van der Waals surface area (Å²) >= 11 is 5.24. The molecule has 1 heterocycles. The highest BCUT2D eigenvalue weighted by Gasteiger charge is 2.23. The number of fused-ring (bicyclic) bond motifs is 1. The fraction of sp³-hybridized carbons (Fsp3) is 0.176. The summed E-state index contributed by atoms with van der Waals surface area (Å²) in [6.07, 6.45) is -0.505. The van der Waals surface area contributed by atoms with E-state index in [-0.39, 0.29) is 11.7 Å². The molecule has 24 heavy (non-hydrogen) atoms. The van der Waals surface area contributed by atoms with Crippen LogP contribution in [0.1, 0.15) is 12.5 Å². The van der Waals surface area contributed by atoms with Gasteiger partial charge in [0.1, 0.15) is 11.6 Å². The first-order valence-electron chi connectivity index (χ1n) is 7.42. The number of anilines is 2. The second-order valence-corrected chi connectivity index (χ2v) is 5.80. The van der Waals surface area contributed by atoms with Crippen LogP contribution in [0.15, 0.2) is 42.5 Å². The topological polar surface area (TPSA) is 62.4 Å². The Morgan fingerprint density at radius 1 is 1.29 bits per heavy atom. The molecule has 2 aromatic carbocycles. The molecule has 1 atom stereocenters. The van der Waals surface area contributed by atoms with E-state index in [2.05, 4.69) is 16.0 Å². The maximum atomic E-state index is 12.9. The molecule has 7 heteroatoms. The zero-order chi connectivity index (χ0) is 17.1. The van der Waals surface area contributed by atoms with Gasteiger partial charge in [0.25, 0.3) is 5.91 Å². The summed E-state index contributed by atoms with van der Waals surface area (Å²) in [5, 5.41) is 9.29. The number of thiocarbonyl (C=S) groups is 1. The average molecular weight is 345 g/mol. The third kappa shape index (κ3) is 3.80. The molecule has 0 aliphatic carbocycles. The first-order valence-corrected chi connectivity index (χ1v) is 7.83. The molecule has 0 fully saturated rings. The molecule has 0 saturated heterocycles. The van der Waals surface area contributed by atoms with Gasteiger partial charge in [-0.15, -0.1) is 0 Å². The van der Waals surface area contributed by atoms with Crippen molar-refractivity contribution < 1.29 is 13.9 Å². The lowest BCUT2D eigenvalue weighted by Crippen LogP contribution is -2.34. The van der Waals surface area contributed by atoms with Gasteiger partial charge >= 0.3 is 0 Å². The first kappa shape index (κ1) is 16.2. The Labute approximate surface area is 144 Å². The zero-order valence-electron chi connectivity index (χ0n) is 12.9. The van der Waals surface area contributed by atoms with Gasteiger partial charge in [-0.1, -0.05) is 12.1 Å². The summed E-state index contributed by atoms with van der Waals surface area (Å²) < 4.78 is 18.4. The third-order valence-corrected chi connectivity index (χ3v) is 3.78. The molecular formula is C17H16FN3O2S. The number of carbonyl (C=O) groups excluding carboxylic acids is 1. The van der Waals surface area contributed by atoms with Gasteiger partial charge in [-0.25, -0.2) is 4.39 Å². The monoisotopic (exact) mass is 345 g/mol. The predicted molar refractivity (Wildman–Crippen MR) is 94.6 cm³/mol.